The average molecular weight is 314 g/mol. The van der Waals surface area contributed by atoms with Crippen LogP contribution >= 0.6 is 0 Å². The topological polar surface area (TPSA) is 67.5 Å². The number of ether oxygens (including phenoxy) is 1. The molecule has 0 fully saturated rings. The average Bonchev–Trinajstić information content (AvgIpc) is 2.58. The number of nitrogens with one attached hydrogen (secondary N) is 1. The van der Waals surface area contributed by atoms with Crippen LogP contribution < -0.4 is 15.8 Å². The molecule has 0 aliphatic heterocycles. The Morgan fingerprint density at radius 1 is 1.17 bits per heavy atom. The third-order valence-electron chi connectivity index (χ3n) is 3.94. The second-order valence-electron chi connectivity index (χ2n) is 5.79. The van der Waals surface area contributed by atoms with E-state index in [0.717, 1.165) is 35.4 Å². The molecule has 0 saturated carbocycles. The largest absolute Gasteiger partial charge is 0.489 e. The van der Waals surface area contributed by atoms with Gasteiger partial charge in [0.15, 0.2) is 0 Å². The van der Waals surface area contributed by atoms with Crippen LogP contribution in [0.3, 0.4) is 0 Å². The van der Waals surface area contributed by atoms with Crippen LogP contribution in [0.4, 0.5) is 0 Å². The number of benzene rings is 2. The fourth-order valence-electron chi connectivity index (χ4n) is 2.51. The van der Waals surface area contributed by atoms with E-state index in [-0.39, 0.29) is 6.04 Å². The lowest BCUT2D eigenvalue weighted by Gasteiger charge is -2.21. The molecule has 0 spiro atoms. The number of aliphatic hydroxyl groups is 1. The molecule has 23 heavy (non-hydrogen) atoms. The Labute approximate surface area is 138 Å². The molecule has 0 heterocycles. The van der Waals surface area contributed by atoms with Crippen molar-refractivity contribution in [3.63, 3.8) is 0 Å². The third-order valence-corrected chi connectivity index (χ3v) is 3.94. The summed E-state index contributed by atoms with van der Waals surface area (Å²) in [6.45, 7) is 3.29. The van der Waals surface area contributed by atoms with Gasteiger partial charge in [-0.25, -0.2) is 0 Å². The monoisotopic (exact) mass is 314 g/mol. The van der Waals surface area contributed by atoms with Gasteiger partial charge in [-0.15, -0.1) is 0 Å². The van der Waals surface area contributed by atoms with Crippen molar-refractivity contribution in [2.24, 2.45) is 5.73 Å². The van der Waals surface area contributed by atoms with E-state index in [2.05, 4.69) is 5.32 Å². The van der Waals surface area contributed by atoms with E-state index >= 15 is 0 Å². The van der Waals surface area contributed by atoms with Gasteiger partial charge in [0.1, 0.15) is 12.4 Å². The van der Waals surface area contributed by atoms with Crippen molar-refractivity contribution in [2.75, 3.05) is 13.6 Å². The number of rotatable bonds is 8. The quantitative estimate of drug-likeness (QED) is 0.700. The van der Waals surface area contributed by atoms with Gasteiger partial charge in [0.05, 0.1) is 6.10 Å². The van der Waals surface area contributed by atoms with Crippen LogP contribution in [-0.2, 0) is 6.61 Å². The molecule has 0 saturated heterocycles. The van der Waals surface area contributed by atoms with Crippen LogP contribution in [0.2, 0.25) is 0 Å². The van der Waals surface area contributed by atoms with Gasteiger partial charge in [0, 0.05) is 6.04 Å². The van der Waals surface area contributed by atoms with Crippen LogP contribution in [0.25, 0.3) is 0 Å². The molecule has 124 valence electrons. The van der Waals surface area contributed by atoms with Crippen LogP contribution in [0.15, 0.2) is 48.5 Å². The Balaban J connectivity index is 1.99. The van der Waals surface area contributed by atoms with E-state index < -0.39 is 6.10 Å². The highest BCUT2D eigenvalue weighted by molar-refractivity contribution is 5.36. The molecular weight excluding hydrogens is 288 g/mol. The molecule has 2 aromatic rings. The minimum atomic E-state index is -0.661. The second kappa shape index (κ2) is 8.67. The van der Waals surface area contributed by atoms with Crippen molar-refractivity contribution < 1.29 is 9.84 Å². The van der Waals surface area contributed by atoms with Crippen molar-refractivity contribution in [1.29, 1.82) is 0 Å². The molecule has 2 unspecified atom stereocenters. The number of aliphatic hydroxyl groups excluding tert-OH is 1. The van der Waals surface area contributed by atoms with E-state index in [0.29, 0.717) is 6.61 Å². The van der Waals surface area contributed by atoms with E-state index in [1.165, 1.54) is 0 Å². The van der Waals surface area contributed by atoms with Gasteiger partial charge in [0.2, 0.25) is 0 Å². The summed E-state index contributed by atoms with van der Waals surface area (Å²) in [4.78, 5) is 0. The van der Waals surface area contributed by atoms with Gasteiger partial charge in [-0.1, -0.05) is 36.4 Å². The molecule has 0 aliphatic carbocycles. The van der Waals surface area contributed by atoms with Gasteiger partial charge in [-0.2, -0.15) is 0 Å². The molecule has 2 rings (SSSR count). The Hall–Kier alpha value is -1.88. The lowest BCUT2D eigenvalue weighted by atomic mass is 9.96. The predicted octanol–water partition coefficient (Wildman–Crippen LogP) is 2.54. The maximum Gasteiger partial charge on any atom is 0.120 e. The highest BCUT2D eigenvalue weighted by Gasteiger charge is 2.18. The molecule has 2 atom stereocenters. The molecule has 4 nitrogen and oxygen atoms in total. The number of hydrogen-bond acceptors (Lipinski definition) is 4. The first-order valence-electron chi connectivity index (χ1n) is 7.97. The molecule has 4 N–H and O–H groups in total. The Morgan fingerprint density at radius 2 is 1.91 bits per heavy atom. The van der Waals surface area contributed by atoms with E-state index in [1.54, 1.807) is 0 Å². The van der Waals surface area contributed by atoms with E-state index in [9.17, 15) is 5.11 Å². The lowest BCUT2D eigenvalue weighted by Crippen LogP contribution is -2.31. The summed E-state index contributed by atoms with van der Waals surface area (Å²) in [5.74, 6) is 0.797. The second-order valence-corrected chi connectivity index (χ2v) is 5.79. The fourth-order valence-corrected chi connectivity index (χ4v) is 2.51. The van der Waals surface area contributed by atoms with Gasteiger partial charge < -0.3 is 20.9 Å². The van der Waals surface area contributed by atoms with Crippen LogP contribution in [0.1, 0.15) is 29.2 Å². The van der Waals surface area contributed by atoms with Crippen molar-refractivity contribution in [3.8, 4) is 5.75 Å². The molecule has 0 aliphatic rings. The summed E-state index contributed by atoms with van der Waals surface area (Å²) in [5, 5.41) is 13.5. The van der Waals surface area contributed by atoms with Gasteiger partial charge in [-0.05, 0) is 55.8 Å². The Kier molecular flexibility index (Phi) is 6.59. The predicted molar refractivity (Wildman–Crippen MR) is 93.4 cm³/mol. The summed E-state index contributed by atoms with van der Waals surface area (Å²) >= 11 is 0. The van der Waals surface area contributed by atoms with Crippen LogP contribution in [-0.4, -0.2) is 24.7 Å². The standard InChI is InChI=1S/C19H26N2O2/c1-14-12-16(23-13-15-6-4-3-5-7-15)8-9-17(14)19(22)18(20)10-11-21-2/h3-9,12,18-19,21-22H,10-11,13,20H2,1-2H3. The normalized spacial score (nSPS) is 13.6. The van der Waals surface area contributed by atoms with Gasteiger partial charge in [-0.3, -0.25) is 0 Å². The highest BCUT2D eigenvalue weighted by Crippen LogP contribution is 2.25. The van der Waals surface area contributed by atoms with E-state index in [4.69, 9.17) is 10.5 Å². The van der Waals surface area contributed by atoms with Crippen molar-refractivity contribution in [2.45, 2.75) is 32.1 Å². The minimum Gasteiger partial charge on any atom is -0.489 e. The smallest absolute Gasteiger partial charge is 0.120 e. The van der Waals surface area contributed by atoms with Crippen LogP contribution in [0, 0.1) is 6.92 Å². The summed E-state index contributed by atoms with van der Waals surface area (Å²) in [7, 11) is 1.88. The van der Waals surface area contributed by atoms with Crippen molar-refractivity contribution in [1.82, 2.24) is 5.32 Å². The van der Waals surface area contributed by atoms with Crippen LogP contribution in [0.5, 0.6) is 5.75 Å². The SMILES string of the molecule is CNCCC(N)C(O)c1ccc(OCc2ccccc2)cc1C. The van der Waals surface area contributed by atoms with Gasteiger partial charge >= 0.3 is 0 Å². The Morgan fingerprint density at radius 3 is 2.57 bits per heavy atom. The lowest BCUT2D eigenvalue weighted by molar-refractivity contribution is 0.141. The maximum atomic E-state index is 10.4. The maximum absolute atomic E-state index is 10.4. The summed E-state index contributed by atoms with van der Waals surface area (Å²) < 4.78 is 5.81. The van der Waals surface area contributed by atoms with Crippen molar-refractivity contribution in [3.05, 3.63) is 65.2 Å². The zero-order valence-corrected chi connectivity index (χ0v) is 13.8. The summed E-state index contributed by atoms with van der Waals surface area (Å²) in [6, 6.07) is 15.5. The Bertz CT molecular complexity index is 602. The number of aryl methyl sites for hydroxylation is 1. The summed E-state index contributed by atoms with van der Waals surface area (Å²) in [5.41, 5.74) is 9.03. The highest BCUT2D eigenvalue weighted by atomic mass is 16.5. The molecular formula is C19H26N2O2. The first kappa shape index (κ1) is 17.5. The zero-order chi connectivity index (χ0) is 16.7. The summed E-state index contributed by atoms with van der Waals surface area (Å²) in [6.07, 6.45) is 0.0649. The molecule has 0 bridgehead atoms. The molecule has 2 aromatic carbocycles. The molecule has 0 aromatic heterocycles. The minimum absolute atomic E-state index is 0.280. The van der Waals surface area contributed by atoms with Crippen molar-refractivity contribution >= 4 is 0 Å². The molecule has 0 radical (unpaired) electrons. The number of hydrogen-bond donors (Lipinski definition) is 3. The first-order valence-corrected chi connectivity index (χ1v) is 7.97. The number of nitrogens with two attached hydrogens (primary N) is 1. The van der Waals surface area contributed by atoms with Gasteiger partial charge in [0.25, 0.3) is 0 Å². The third kappa shape index (κ3) is 5.06. The molecule has 0 amide bonds. The van der Waals surface area contributed by atoms with E-state index in [1.807, 2.05) is 62.5 Å². The zero-order valence-electron chi connectivity index (χ0n) is 13.8. The molecule has 4 heteroatoms. The first-order chi connectivity index (χ1) is 11.1. The fraction of sp³-hybridized carbons (Fsp3) is 0.368.